The zero-order chi connectivity index (χ0) is 14.2. The zero-order valence-electron chi connectivity index (χ0n) is 11.3. The Hall–Kier alpha value is -0.910. The van der Waals surface area contributed by atoms with Gasteiger partial charge in [-0.1, -0.05) is 13.8 Å². The average molecular weight is 278 g/mol. The molecule has 0 aliphatic carbocycles. The number of Topliss-reactive ketones (excluding diaryl/α,β-unsaturated/α-hetero) is 1. The van der Waals surface area contributed by atoms with Crippen molar-refractivity contribution in [3.8, 4) is 0 Å². The average Bonchev–Trinajstić information content (AvgIpc) is 2.24. The molecule has 0 unspecified atom stereocenters. The van der Waals surface area contributed by atoms with Gasteiger partial charge in [-0.15, -0.1) is 0 Å². The predicted octanol–water partition coefficient (Wildman–Crippen LogP) is 1.36. The maximum absolute atomic E-state index is 11.6. The Morgan fingerprint density at radius 2 is 1.78 bits per heavy atom. The molecule has 0 bridgehead atoms. The van der Waals surface area contributed by atoms with E-state index in [4.69, 9.17) is 0 Å². The lowest BCUT2D eigenvalue weighted by Crippen LogP contribution is -2.20. The lowest BCUT2D eigenvalue weighted by Gasteiger charge is -2.06. The normalized spacial score (nSPS) is 11.6. The van der Waals surface area contributed by atoms with E-state index >= 15 is 0 Å². The van der Waals surface area contributed by atoms with Crippen LogP contribution in [-0.2, 0) is 24.2 Å². The van der Waals surface area contributed by atoms with Gasteiger partial charge in [0.1, 0.15) is 11.5 Å². The van der Waals surface area contributed by atoms with Crippen LogP contribution >= 0.6 is 0 Å². The van der Waals surface area contributed by atoms with E-state index in [0.29, 0.717) is 6.42 Å². The number of rotatable bonds is 9. The molecule has 0 rings (SSSR count). The van der Waals surface area contributed by atoms with E-state index in [1.165, 1.54) is 0 Å². The number of ether oxygens (including phenoxy) is 1. The van der Waals surface area contributed by atoms with Crippen molar-refractivity contribution in [1.29, 1.82) is 0 Å². The van der Waals surface area contributed by atoms with Crippen molar-refractivity contribution in [3.63, 3.8) is 0 Å². The highest BCUT2D eigenvalue weighted by Crippen LogP contribution is 2.05. The first-order valence-corrected chi connectivity index (χ1v) is 7.96. The minimum Gasteiger partial charge on any atom is -0.466 e. The molecule has 18 heavy (non-hydrogen) atoms. The Balaban J connectivity index is 4.03. The van der Waals surface area contributed by atoms with Crippen LogP contribution in [0, 0.1) is 5.92 Å². The number of esters is 1. The second-order valence-corrected chi connectivity index (χ2v) is 6.80. The second kappa shape index (κ2) is 8.24. The molecule has 0 aromatic carbocycles. The fourth-order valence-electron chi connectivity index (χ4n) is 1.28. The monoisotopic (exact) mass is 278 g/mol. The molecule has 0 fully saturated rings. The third-order valence-electron chi connectivity index (χ3n) is 2.30. The van der Waals surface area contributed by atoms with E-state index in [9.17, 15) is 18.0 Å². The first-order chi connectivity index (χ1) is 8.26. The van der Waals surface area contributed by atoms with Crippen molar-refractivity contribution in [2.75, 3.05) is 18.1 Å². The number of hydrogen-bond donors (Lipinski definition) is 0. The van der Waals surface area contributed by atoms with Crippen LogP contribution in [0.5, 0.6) is 0 Å². The van der Waals surface area contributed by atoms with Gasteiger partial charge in [0.2, 0.25) is 0 Å². The summed E-state index contributed by atoms with van der Waals surface area (Å²) < 4.78 is 27.8. The molecule has 0 spiro atoms. The van der Waals surface area contributed by atoms with Crippen LogP contribution in [0.2, 0.25) is 0 Å². The lowest BCUT2D eigenvalue weighted by molar-refractivity contribution is -0.144. The summed E-state index contributed by atoms with van der Waals surface area (Å²) in [6, 6.07) is 0. The topological polar surface area (TPSA) is 77.5 Å². The van der Waals surface area contributed by atoms with Gasteiger partial charge in [0.05, 0.1) is 18.8 Å². The summed E-state index contributed by atoms with van der Waals surface area (Å²) in [5.74, 6) is -1.05. The molecule has 0 heterocycles. The van der Waals surface area contributed by atoms with E-state index in [-0.39, 0.29) is 31.1 Å². The molecular weight excluding hydrogens is 256 g/mol. The fourth-order valence-corrected chi connectivity index (χ4v) is 2.89. The van der Waals surface area contributed by atoms with Crippen molar-refractivity contribution in [3.05, 3.63) is 0 Å². The highest BCUT2D eigenvalue weighted by Gasteiger charge is 2.18. The fraction of sp³-hybridized carbons (Fsp3) is 0.833. The molecule has 0 atom stereocenters. The standard InChI is InChI=1S/C12H22O5S/c1-4-17-12(14)6-5-11(13)9-18(15,16)8-7-10(2)3/h10H,4-9H2,1-3H3. The molecule has 0 N–H and O–H groups in total. The van der Waals surface area contributed by atoms with Crippen LogP contribution in [0.25, 0.3) is 0 Å². The van der Waals surface area contributed by atoms with Crippen LogP contribution in [0.4, 0.5) is 0 Å². The molecule has 0 aromatic heterocycles. The van der Waals surface area contributed by atoms with Crippen molar-refractivity contribution >= 4 is 21.6 Å². The molecule has 0 amide bonds. The van der Waals surface area contributed by atoms with Crippen LogP contribution in [0.3, 0.4) is 0 Å². The number of sulfone groups is 1. The summed E-state index contributed by atoms with van der Waals surface area (Å²) in [6.07, 6.45) is 0.430. The molecule has 106 valence electrons. The Morgan fingerprint density at radius 3 is 2.28 bits per heavy atom. The first-order valence-electron chi connectivity index (χ1n) is 6.14. The van der Waals surface area contributed by atoms with Crippen molar-refractivity contribution in [2.45, 2.75) is 40.0 Å². The summed E-state index contributed by atoms with van der Waals surface area (Å²) in [6.45, 7) is 5.80. The van der Waals surface area contributed by atoms with Gasteiger partial charge < -0.3 is 4.74 Å². The largest absolute Gasteiger partial charge is 0.466 e. The number of ketones is 1. The Labute approximate surface area is 109 Å². The number of carbonyl (C=O) groups excluding carboxylic acids is 2. The maximum atomic E-state index is 11.6. The van der Waals surface area contributed by atoms with Gasteiger partial charge in [-0.25, -0.2) is 8.42 Å². The van der Waals surface area contributed by atoms with Gasteiger partial charge >= 0.3 is 5.97 Å². The van der Waals surface area contributed by atoms with Crippen LogP contribution < -0.4 is 0 Å². The molecule has 0 aliphatic rings. The van der Waals surface area contributed by atoms with Gasteiger partial charge in [-0.3, -0.25) is 9.59 Å². The molecule has 0 radical (unpaired) electrons. The van der Waals surface area contributed by atoms with E-state index in [0.717, 1.165) is 0 Å². The van der Waals surface area contributed by atoms with Gasteiger partial charge in [0.15, 0.2) is 9.84 Å². The van der Waals surface area contributed by atoms with Crippen molar-refractivity contribution < 1.29 is 22.7 Å². The van der Waals surface area contributed by atoms with E-state index in [1.807, 2.05) is 13.8 Å². The van der Waals surface area contributed by atoms with Crippen LogP contribution in [0.1, 0.15) is 40.0 Å². The lowest BCUT2D eigenvalue weighted by atomic mass is 10.2. The van der Waals surface area contributed by atoms with E-state index < -0.39 is 27.3 Å². The van der Waals surface area contributed by atoms with E-state index in [1.54, 1.807) is 6.92 Å². The summed E-state index contributed by atoms with van der Waals surface area (Å²) in [5, 5.41) is 0. The third kappa shape index (κ3) is 9.15. The zero-order valence-corrected chi connectivity index (χ0v) is 12.1. The first kappa shape index (κ1) is 17.1. The van der Waals surface area contributed by atoms with Crippen LogP contribution in [0.15, 0.2) is 0 Å². The van der Waals surface area contributed by atoms with Gasteiger partial charge in [-0.05, 0) is 19.3 Å². The smallest absolute Gasteiger partial charge is 0.306 e. The Morgan fingerprint density at radius 1 is 1.17 bits per heavy atom. The highest BCUT2D eigenvalue weighted by molar-refractivity contribution is 7.92. The molecule has 5 nitrogen and oxygen atoms in total. The quantitative estimate of drug-likeness (QED) is 0.595. The molecule has 6 heteroatoms. The molecule has 0 saturated heterocycles. The number of hydrogen-bond acceptors (Lipinski definition) is 5. The van der Waals surface area contributed by atoms with Crippen molar-refractivity contribution in [2.24, 2.45) is 5.92 Å². The molecular formula is C12H22O5S. The molecule has 0 aliphatic heterocycles. The predicted molar refractivity (Wildman–Crippen MR) is 69.0 cm³/mol. The van der Waals surface area contributed by atoms with Crippen molar-refractivity contribution in [1.82, 2.24) is 0 Å². The second-order valence-electron chi connectivity index (χ2n) is 4.62. The summed E-state index contributed by atoms with van der Waals surface area (Å²) in [5.41, 5.74) is 0. The van der Waals surface area contributed by atoms with Gasteiger partial charge in [-0.2, -0.15) is 0 Å². The summed E-state index contributed by atoms with van der Waals surface area (Å²) >= 11 is 0. The maximum Gasteiger partial charge on any atom is 0.306 e. The van der Waals surface area contributed by atoms with Gasteiger partial charge in [0, 0.05) is 6.42 Å². The molecule has 0 saturated carbocycles. The highest BCUT2D eigenvalue weighted by atomic mass is 32.2. The minimum atomic E-state index is -3.34. The molecule has 0 aromatic rings. The van der Waals surface area contributed by atoms with Gasteiger partial charge in [0.25, 0.3) is 0 Å². The summed E-state index contributed by atoms with van der Waals surface area (Å²) in [4.78, 5) is 22.4. The number of carbonyl (C=O) groups is 2. The minimum absolute atomic E-state index is 0.0236. The Kier molecular flexibility index (Phi) is 7.82. The SMILES string of the molecule is CCOC(=O)CCC(=O)CS(=O)(=O)CCC(C)C. The Bertz CT molecular complexity index is 370. The van der Waals surface area contributed by atoms with E-state index in [2.05, 4.69) is 4.74 Å². The third-order valence-corrected chi connectivity index (χ3v) is 3.92. The summed E-state index contributed by atoms with van der Waals surface area (Å²) in [7, 11) is -3.34. The van der Waals surface area contributed by atoms with Crippen LogP contribution in [-0.4, -0.2) is 38.3 Å².